The van der Waals surface area contributed by atoms with Gasteiger partial charge < -0.3 is 0 Å². The van der Waals surface area contributed by atoms with Gasteiger partial charge in [0.15, 0.2) is 0 Å². The quantitative estimate of drug-likeness (QED) is 0.0487. The molecule has 0 N–H and O–H groups in total. The van der Waals surface area contributed by atoms with E-state index < -0.39 is 0 Å². The fraction of sp³-hybridized carbons (Fsp3) is 0.306. The number of rotatable bonds is 18. The molecule has 6 heteroatoms. The van der Waals surface area contributed by atoms with Crippen molar-refractivity contribution in [3.8, 4) is 0 Å². The first kappa shape index (κ1) is 48.7. The third-order valence-electron chi connectivity index (χ3n) is 18.6. The number of hydrogen-bond donors (Lipinski definition) is 0. The van der Waals surface area contributed by atoms with Crippen LogP contribution in [0.1, 0.15) is 143 Å². The van der Waals surface area contributed by atoms with Gasteiger partial charge in [0, 0.05) is 44.4 Å². The summed E-state index contributed by atoms with van der Waals surface area (Å²) in [6.45, 7) is 8.80. The highest BCUT2D eigenvalue weighted by atomic mass is 16.2. The fourth-order valence-electron chi connectivity index (χ4n) is 14.9. The highest BCUT2D eigenvalue weighted by Crippen LogP contribution is 2.53. The highest BCUT2D eigenvalue weighted by molar-refractivity contribution is 6.51. The van der Waals surface area contributed by atoms with Crippen molar-refractivity contribution >= 4 is 140 Å². The smallest absolute Gasteiger partial charge is 0.261 e. The number of aromatic nitrogens is 2. The van der Waals surface area contributed by atoms with Crippen molar-refractivity contribution in [1.29, 1.82) is 0 Å². The molecule has 12 aromatic carbocycles. The Kier molecular flexibility index (Phi) is 11.9. The maximum atomic E-state index is 15.9. The zero-order chi connectivity index (χ0) is 53.1. The summed E-state index contributed by atoms with van der Waals surface area (Å²) in [6.07, 6.45) is 15.4. The average Bonchev–Trinajstić information content (AvgIpc) is 3.65. The van der Waals surface area contributed by atoms with Gasteiger partial charge in [0.05, 0.1) is 0 Å². The zero-order valence-electron chi connectivity index (χ0n) is 45.5. The monoisotopic (exact) mass is 1020 g/mol. The Hall–Kier alpha value is -7.70. The Labute approximate surface area is 452 Å². The lowest BCUT2D eigenvalue weighted by Gasteiger charge is -2.25. The van der Waals surface area contributed by atoms with Gasteiger partial charge in [-0.3, -0.25) is 28.3 Å². The Morgan fingerprint density at radius 2 is 0.590 bits per heavy atom. The van der Waals surface area contributed by atoms with Crippen LogP contribution in [-0.4, -0.2) is 9.13 Å². The van der Waals surface area contributed by atoms with Gasteiger partial charge in [-0.05, 0) is 158 Å². The van der Waals surface area contributed by atoms with Crippen molar-refractivity contribution in [2.24, 2.45) is 0 Å². The van der Waals surface area contributed by atoms with Crippen molar-refractivity contribution in [3.63, 3.8) is 0 Å². The molecular formula is C72H66N2O4. The van der Waals surface area contributed by atoms with Gasteiger partial charge in [0.25, 0.3) is 22.2 Å². The fourth-order valence-corrected chi connectivity index (χ4v) is 14.9. The maximum absolute atomic E-state index is 15.9. The third kappa shape index (κ3) is 6.99. The van der Waals surface area contributed by atoms with Crippen LogP contribution in [0.25, 0.3) is 140 Å². The first-order valence-electron chi connectivity index (χ1n) is 29.5. The average molecular weight is 1020 g/mol. The van der Waals surface area contributed by atoms with Gasteiger partial charge in [0.2, 0.25) is 0 Å². The summed E-state index contributed by atoms with van der Waals surface area (Å²) < 4.78 is 3.30. The Balaban J connectivity index is 1.22. The molecule has 0 aliphatic carbocycles. The number of benzene rings is 12. The van der Waals surface area contributed by atoms with E-state index in [0.717, 1.165) is 184 Å². The summed E-state index contributed by atoms with van der Waals surface area (Å²) in [5.41, 5.74) is -0.855. The molecular weight excluding hydrogens is 957 g/mol. The highest BCUT2D eigenvalue weighted by Gasteiger charge is 2.30. The van der Waals surface area contributed by atoms with Crippen LogP contribution in [0.2, 0.25) is 0 Å². The first-order valence-corrected chi connectivity index (χ1v) is 29.5. The summed E-state index contributed by atoms with van der Waals surface area (Å²) in [7, 11) is 0. The zero-order valence-corrected chi connectivity index (χ0v) is 45.5. The number of fused-ring (bicyclic) bond motifs is 14. The first-order chi connectivity index (χ1) is 38.3. The number of hydrogen-bond acceptors (Lipinski definition) is 4. The maximum Gasteiger partial charge on any atom is 0.261 e. The van der Waals surface area contributed by atoms with Crippen LogP contribution in [0.15, 0.2) is 141 Å². The van der Waals surface area contributed by atoms with Crippen molar-refractivity contribution in [2.75, 3.05) is 0 Å². The van der Waals surface area contributed by atoms with Gasteiger partial charge in [-0.25, -0.2) is 0 Å². The van der Waals surface area contributed by atoms with Crippen LogP contribution < -0.4 is 22.2 Å². The SMILES string of the molecule is CCCCCC(CCCCC)n1c(=O)c2ccc3c4ccc5c(=O)n(C(CCCCC)CCCCC)c(=O)c6cc7c8c(ccc9ccc%10ccc%11ccc%12ccc%13ccccc%13c%12c%11c%10c98)c8cc(c1=O)c2c3c8c7c4c56. The number of nitrogens with zero attached hydrogens (tertiary/aromatic N) is 2. The summed E-state index contributed by atoms with van der Waals surface area (Å²) in [5, 5.41) is 24.7. The minimum atomic E-state index is -0.217. The van der Waals surface area contributed by atoms with E-state index in [9.17, 15) is 0 Å². The van der Waals surface area contributed by atoms with E-state index >= 15 is 19.2 Å². The molecule has 0 aliphatic heterocycles. The minimum absolute atomic E-state index is 0.201. The lowest BCUT2D eigenvalue weighted by atomic mass is 9.79. The molecule has 0 saturated heterocycles. The predicted octanol–water partition coefficient (Wildman–Crippen LogP) is 18.9. The van der Waals surface area contributed by atoms with Gasteiger partial charge in [-0.1, -0.05) is 202 Å². The van der Waals surface area contributed by atoms with E-state index in [-0.39, 0.29) is 34.3 Å². The van der Waals surface area contributed by atoms with Gasteiger partial charge in [0.1, 0.15) is 0 Å². The molecule has 14 aromatic rings. The van der Waals surface area contributed by atoms with E-state index in [2.05, 4.69) is 137 Å². The molecule has 0 atom stereocenters. The van der Waals surface area contributed by atoms with E-state index in [1.807, 2.05) is 12.1 Å². The van der Waals surface area contributed by atoms with Crippen LogP contribution in [0, 0.1) is 0 Å². The molecule has 0 saturated carbocycles. The second kappa shape index (κ2) is 19.0. The second-order valence-electron chi connectivity index (χ2n) is 23.1. The normalized spacial score (nSPS) is 12.8. The Morgan fingerprint density at radius 3 is 1.08 bits per heavy atom. The van der Waals surface area contributed by atoms with Crippen LogP contribution in [-0.2, 0) is 0 Å². The summed E-state index contributed by atoms with van der Waals surface area (Å²) >= 11 is 0. The van der Waals surface area contributed by atoms with Crippen molar-refractivity contribution in [3.05, 3.63) is 163 Å². The Morgan fingerprint density at radius 1 is 0.269 bits per heavy atom. The molecule has 0 aliphatic rings. The van der Waals surface area contributed by atoms with Gasteiger partial charge in [-0.15, -0.1) is 0 Å². The van der Waals surface area contributed by atoms with Crippen LogP contribution in [0.5, 0.6) is 0 Å². The lowest BCUT2D eigenvalue weighted by Crippen LogP contribution is -2.37. The van der Waals surface area contributed by atoms with Gasteiger partial charge >= 0.3 is 0 Å². The molecule has 0 unspecified atom stereocenters. The van der Waals surface area contributed by atoms with E-state index in [1.54, 1.807) is 9.13 Å². The second-order valence-corrected chi connectivity index (χ2v) is 23.1. The van der Waals surface area contributed by atoms with Crippen molar-refractivity contribution in [1.82, 2.24) is 9.13 Å². The number of unbranched alkanes of at least 4 members (excludes halogenated alkanes) is 8. The molecule has 2 aromatic heterocycles. The molecule has 0 bridgehead atoms. The summed E-state index contributed by atoms with van der Waals surface area (Å²) in [4.78, 5) is 62.3. The van der Waals surface area contributed by atoms with Crippen molar-refractivity contribution in [2.45, 2.75) is 143 Å². The van der Waals surface area contributed by atoms with Crippen molar-refractivity contribution < 1.29 is 0 Å². The lowest BCUT2D eigenvalue weighted by molar-refractivity contribution is 0.387. The van der Waals surface area contributed by atoms with Crippen LogP contribution in [0.3, 0.4) is 0 Å². The minimum Gasteiger partial charge on any atom is -0.271 e. The summed E-state index contributed by atoms with van der Waals surface area (Å²) in [6, 6.07) is 43.1. The van der Waals surface area contributed by atoms with Crippen LogP contribution >= 0.6 is 0 Å². The third-order valence-corrected chi connectivity index (χ3v) is 18.6. The summed E-state index contributed by atoms with van der Waals surface area (Å²) in [5.74, 6) is 0. The molecule has 0 fully saturated rings. The molecule has 14 rings (SSSR count). The Bertz CT molecular complexity index is 4940. The topological polar surface area (TPSA) is 78.1 Å². The molecule has 0 amide bonds. The van der Waals surface area contributed by atoms with E-state index in [0.29, 0.717) is 32.3 Å². The molecule has 0 radical (unpaired) electrons. The standard InChI is InChI=1S/C72H66N2O4/c1-5-9-13-20-46(21-14-10-6-2)73-69(75)52-37-35-49-50-36-38-53-64-57(72(78)74(70(53)76)47(22-15-11-7-3)23-16-12-8-4)40-55-62-51(54-39-56(71(73)77)63(52)65(49)67(54)68(55)66(50)64)34-33-45-32-31-44-30-29-43-28-27-42-26-25-41-19-17-18-24-48(41)58(42)59(43)60(44)61(45)62/h17-19,24-40,46-47H,5-16,20-23H2,1-4H3. The molecule has 0 spiro atoms. The van der Waals surface area contributed by atoms with E-state index in [1.165, 1.54) is 26.9 Å². The molecule has 78 heavy (non-hydrogen) atoms. The van der Waals surface area contributed by atoms with Crippen LogP contribution in [0.4, 0.5) is 0 Å². The van der Waals surface area contributed by atoms with Gasteiger partial charge in [-0.2, -0.15) is 0 Å². The largest absolute Gasteiger partial charge is 0.271 e. The molecule has 6 nitrogen and oxygen atoms in total. The predicted molar refractivity (Wildman–Crippen MR) is 334 cm³/mol. The molecule has 2 heterocycles. The number of pyridine rings is 2. The molecule has 388 valence electrons. The van der Waals surface area contributed by atoms with E-state index in [4.69, 9.17) is 0 Å².